The number of hydrogen-bond acceptors (Lipinski definition) is 6. The van der Waals surface area contributed by atoms with E-state index < -0.39 is 18.0 Å². The van der Waals surface area contributed by atoms with Crippen molar-refractivity contribution in [2.45, 2.75) is 18.4 Å². The van der Waals surface area contributed by atoms with E-state index in [4.69, 9.17) is 0 Å². The summed E-state index contributed by atoms with van der Waals surface area (Å²) in [5, 5.41) is 20.6. The maximum absolute atomic E-state index is 12.0. The van der Waals surface area contributed by atoms with Gasteiger partial charge >= 0.3 is 29.6 Å². The topological polar surface area (TPSA) is 93.6 Å². The summed E-state index contributed by atoms with van der Waals surface area (Å²) in [4.78, 5) is 28.9. The summed E-state index contributed by atoms with van der Waals surface area (Å²) < 4.78 is 0. The Balaban J connectivity index is 0.00000161. The van der Waals surface area contributed by atoms with E-state index in [9.17, 15) is 19.8 Å². The standard InChI is InChI=1S/C13H12N2O4S.Na/c1-6(16)8-11(17)15-9(13(18)19)10(20-12(8)15)7-3-2-4-14-5-7;/h2-6,8,12,16H,1H3,(H,18,19);/q;+1/p-1/t6-,8+,12-;/m1./s1. The van der Waals surface area contributed by atoms with Crippen LogP contribution in [0.3, 0.4) is 0 Å². The van der Waals surface area contributed by atoms with E-state index in [1.165, 1.54) is 23.6 Å². The summed E-state index contributed by atoms with van der Waals surface area (Å²) in [5.74, 6) is -2.35. The number of thioether (sulfide) groups is 1. The number of hydrogen-bond donors (Lipinski definition) is 1. The fraction of sp³-hybridized carbons (Fsp3) is 0.308. The third kappa shape index (κ3) is 2.53. The first-order valence-electron chi connectivity index (χ1n) is 6.06. The molecule has 3 heterocycles. The van der Waals surface area contributed by atoms with Crippen molar-refractivity contribution in [3.05, 3.63) is 35.8 Å². The smallest absolute Gasteiger partial charge is 0.543 e. The molecule has 1 amide bonds. The zero-order valence-electron chi connectivity index (χ0n) is 11.5. The monoisotopic (exact) mass is 314 g/mol. The molecule has 2 aliphatic rings. The van der Waals surface area contributed by atoms with Crippen LogP contribution in [0.2, 0.25) is 0 Å². The minimum atomic E-state index is -1.39. The average molecular weight is 314 g/mol. The Hall–Kier alpha value is -0.860. The van der Waals surface area contributed by atoms with Crippen molar-refractivity contribution in [1.29, 1.82) is 0 Å². The van der Waals surface area contributed by atoms with Crippen LogP contribution < -0.4 is 34.7 Å². The third-order valence-corrected chi connectivity index (χ3v) is 4.83. The summed E-state index contributed by atoms with van der Waals surface area (Å²) in [7, 11) is 0. The molecule has 0 radical (unpaired) electrons. The molecule has 3 rings (SSSR count). The van der Waals surface area contributed by atoms with E-state index in [1.807, 2.05) is 0 Å². The van der Waals surface area contributed by atoms with Gasteiger partial charge in [0.05, 0.1) is 23.7 Å². The number of rotatable bonds is 3. The predicted octanol–water partition coefficient (Wildman–Crippen LogP) is -3.58. The quantitative estimate of drug-likeness (QED) is 0.458. The Morgan fingerprint density at radius 2 is 2.29 bits per heavy atom. The van der Waals surface area contributed by atoms with Crippen LogP contribution >= 0.6 is 11.8 Å². The molecule has 3 atom stereocenters. The minimum absolute atomic E-state index is 0. The average Bonchev–Trinajstić information content (AvgIpc) is 2.74. The Labute approximate surface area is 147 Å². The van der Waals surface area contributed by atoms with Gasteiger partial charge in [-0.3, -0.25) is 14.7 Å². The van der Waals surface area contributed by atoms with Crippen molar-refractivity contribution < 1.29 is 49.4 Å². The van der Waals surface area contributed by atoms with Crippen LogP contribution in [0.15, 0.2) is 30.2 Å². The summed E-state index contributed by atoms with van der Waals surface area (Å²) in [6.07, 6.45) is 2.31. The SMILES string of the molecule is C[C@@H](O)[C@H]1C(=O)N2C(C(=O)[O-])=C(c3cccnc3)S[C@H]12.[Na+]. The Morgan fingerprint density at radius 3 is 2.81 bits per heavy atom. The summed E-state index contributed by atoms with van der Waals surface area (Å²) >= 11 is 1.25. The van der Waals surface area contributed by atoms with Crippen molar-refractivity contribution in [3.63, 3.8) is 0 Å². The number of aliphatic hydroxyl groups is 1. The first kappa shape index (κ1) is 16.5. The molecule has 1 N–H and O–H groups in total. The Bertz CT molecular complexity index is 620. The van der Waals surface area contributed by atoms with Gasteiger partial charge in [0.15, 0.2) is 0 Å². The molecule has 1 aromatic heterocycles. The van der Waals surface area contributed by atoms with Crippen molar-refractivity contribution in [3.8, 4) is 0 Å². The maximum atomic E-state index is 12.0. The Kier molecular flexibility index (Phi) is 4.79. The van der Waals surface area contributed by atoms with E-state index in [1.54, 1.807) is 24.5 Å². The van der Waals surface area contributed by atoms with Crippen LogP contribution in [0.5, 0.6) is 0 Å². The number of carboxylic acid groups (broad SMARTS) is 1. The summed E-state index contributed by atoms with van der Waals surface area (Å²) in [5.41, 5.74) is 0.498. The molecule has 0 unspecified atom stereocenters. The molecule has 0 aliphatic carbocycles. The first-order chi connectivity index (χ1) is 9.52. The molecular formula is C13H11N2NaO4S. The summed E-state index contributed by atoms with van der Waals surface area (Å²) in [6, 6.07) is 3.42. The van der Waals surface area contributed by atoms with Crippen LogP contribution in [0.4, 0.5) is 0 Å². The van der Waals surface area contributed by atoms with E-state index >= 15 is 0 Å². The number of fused-ring (bicyclic) bond motifs is 1. The first-order valence-corrected chi connectivity index (χ1v) is 6.94. The molecule has 0 spiro atoms. The van der Waals surface area contributed by atoms with Crippen LogP contribution in [-0.2, 0) is 9.59 Å². The molecule has 0 bridgehead atoms. The second-order valence-corrected chi connectivity index (χ2v) is 5.82. The van der Waals surface area contributed by atoms with Crippen molar-refractivity contribution in [1.82, 2.24) is 9.88 Å². The second kappa shape index (κ2) is 6.10. The fourth-order valence-corrected chi connectivity index (χ4v) is 4.07. The second-order valence-electron chi connectivity index (χ2n) is 4.69. The van der Waals surface area contributed by atoms with Gasteiger partial charge in [-0.15, -0.1) is 0 Å². The largest absolute Gasteiger partial charge is 1.00 e. The molecule has 0 aromatic carbocycles. The number of amides is 1. The number of carbonyl (C=O) groups is 2. The third-order valence-electron chi connectivity index (χ3n) is 3.42. The molecule has 1 fully saturated rings. The van der Waals surface area contributed by atoms with Crippen LogP contribution in [-0.4, -0.2) is 38.3 Å². The van der Waals surface area contributed by atoms with Gasteiger partial charge in [-0.05, 0) is 13.0 Å². The molecule has 104 valence electrons. The molecular weight excluding hydrogens is 303 g/mol. The van der Waals surface area contributed by atoms with Gasteiger partial charge in [-0.2, -0.15) is 0 Å². The number of pyridine rings is 1. The zero-order chi connectivity index (χ0) is 14.4. The minimum Gasteiger partial charge on any atom is -0.543 e. The molecule has 2 aliphatic heterocycles. The van der Waals surface area contributed by atoms with E-state index in [0.29, 0.717) is 10.5 Å². The van der Waals surface area contributed by atoms with Gasteiger partial charge in [0.2, 0.25) is 5.91 Å². The number of β-lactam (4-membered cyclic amide) rings is 1. The summed E-state index contributed by atoms with van der Waals surface area (Å²) in [6.45, 7) is 1.53. The molecule has 8 heteroatoms. The normalized spacial score (nSPS) is 25.0. The maximum Gasteiger partial charge on any atom is 1.00 e. The zero-order valence-corrected chi connectivity index (χ0v) is 14.3. The molecule has 21 heavy (non-hydrogen) atoms. The molecule has 0 saturated carbocycles. The number of aliphatic hydroxyl groups excluding tert-OH is 1. The molecule has 1 saturated heterocycles. The number of aromatic nitrogens is 1. The van der Waals surface area contributed by atoms with Gasteiger partial charge in [0, 0.05) is 22.9 Å². The van der Waals surface area contributed by atoms with E-state index in [0.717, 1.165) is 0 Å². The molecule has 1 aromatic rings. The van der Waals surface area contributed by atoms with Gasteiger partial charge in [-0.1, -0.05) is 17.8 Å². The van der Waals surface area contributed by atoms with Gasteiger partial charge < -0.3 is 15.0 Å². The van der Waals surface area contributed by atoms with Crippen LogP contribution in [0, 0.1) is 5.92 Å². The van der Waals surface area contributed by atoms with Crippen molar-refractivity contribution >= 4 is 28.5 Å². The number of carboxylic acids is 1. The Morgan fingerprint density at radius 1 is 1.57 bits per heavy atom. The van der Waals surface area contributed by atoms with E-state index in [-0.39, 0.29) is 46.5 Å². The van der Waals surface area contributed by atoms with Gasteiger partial charge in [0.1, 0.15) is 5.37 Å². The van der Waals surface area contributed by atoms with Gasteiger partial charge in [0.25, 0.3) is 0 Å². The number of carbonyl (C=O) groups excluding carboxylic acids is 2. The molecule has 6 nitrogen and oxygen atoms in total. The van der Waals surface area contributed by atoms with Gasteiger partial charge in [-0.25, -0.2) is 0 Å². The number of nitrogens with zero attached hydrogens (tertiary/aromatic N) is 2. The number of aliphatic carboxylic acids is 1. The van der Waals surface area contributed by atoms with Crippen LogP contribution in [0.1, 0.15) is 12.5 Å². The van der Waals surface area contributed by atoms with E-state index in [2.05, 4.69) is 4.98 Å². The predicted molar refractivity (Wildman–Crippen MR) is 69.6 cm³/mol. The van der Waals surface area contributed by atoms with Crippen molar-refractivity contribution in [2.75, 3.05) is 0 Å². The van der Waals surface area contributed by atoms with Crippen molar-refractivity contribution in [2.24, 2.45) is 5.92 Å². The van der Waals surface area contributed by atoms with Crippen LogP contribution in [0.25, 0.3) is 4.91 Å². The fourth-order valence-electron chi connectivity index (χ4n) is 2.47.